The zero-order valence-corrected chi connectivity index (χ0v) is 21.3. The van der Waals surface area contributed by atoms with Gasteiger partial charge in [-0.05, 0) is 48.9 Å². The number of fused-ring (bicyclic) bond motifs is 2. The molecule has 0 saturated carbocycles. The number of carbonyl (C=O) groups is 2. The van der Waals surface area contributed by atoms with Crippen molar-refractivity contribution >= 4 is 44.8 Å². The Kier molecular flexibility index (Phi) is 6.15. The smallest absolute Gasteiger partial charge is 0.257 e. The fourth-order valence-corrected chi connectivity index (χ4v) is 5.09. The van der Waals surface area contributed by atoms with Crippen molar-refractivity contribution in [2.24, 2.45) is 0 Å². The highest BCUT2D eigenvalue weighted by molar-refractivity contribution is 7.15. The molecule has 1 atom stereocenters. The third-order valence-electron chi connectivity index (χ3n) is 6.38. The molecule has 2 N–H and O–H groups in total. The Morgan fingerprint density at radius 1 is 0.895 bits per heavy atom. The second-order valence-corrected chi connectivity index (χ2v) is 9.80. The van der Waals surface area contributed by atoms with Gasteiger partial charge in [0, 0.05) is 39.9 Å². The lowest BCUT2D eigenvalue weighted by Gasteiger charge is -2.14. The molecule has 0 spiro atoms. The van der Waals surface area contributed by atoms with E-state index in [0.717, 1.165) is 27.2 Å². The van der Waals surface area contributed by atoms with Gasteiger partial charge in [0.2, 0.25) is 0 Å². The molecule has 38 heavy (non-hydrogen) atoms. The molecule has 0 aliphatic carbocycles. The third-order valence-corrected chi connectivity index (χ3v) is 7.15. The Hall–Kier alpha value is -4.82. The average molecular weight is 518 g/mol. The second kappa shape index (κ2) is 9.91. The van der Waals surface area contributed by atoms with Crippen LogP contribution < -0.4 is 10.6 Å². The number of hydrogen-bond acceptors (Lipinski definition) is 5. The van der Waals surface area contributed by atoms with Crippen LogP contribution in [0.1, 0.15) is 39.2 Å². The molecule has 0 saturated heterocycles. The highest BCUT2D eigenvalue weighted by atomic mass is 32.1. The fourth-order valence-electron chi connectivity index (χ4n) is 4.39. The maximum atomic E-state index is 13.2. The lowest BCUT2D eigenvalue weighted by Crippen LogP contribution is -2.26. The number of thiazole rings is 1. The number of benzene rings is 3. The molecule has 0 fully saturated rings. The summed E-state index contributed by atoms with van der Waals surface area (Å²) in [6, 6.07) is 26.0. The first-order valence-electron chi connectivity index (χ1n) is 12.1. The quantitative estimate of drug-likeness (QED) is 0.269. The normalized spacial score (nSPS) is 11.9. The number of carbonyl (C=O) groups excluding carboxylic acids is 2. The van der Waals surface area contributed by atoms with Crippen LogP contribution in [-0.4, -0.2) is 26.2 Å². The van der Waals surface area contributed by atoms with Crippen molar-refractivity contribution in [2.75, 3.05) is 5.32 Å². The van der Waals surface area contributed by atoms with Gasteiger partial charge in [-0.2, -0.15) is 0 Å². The Morgan fingerprint density at radius 3 is 2.55 bits per heavy atom. The Labute approximate surface area is 222 Å². The van der Waals surface area contributed by atoms with Crippen LogP contribution in [0.25, 0.3) is 27.1 Å². The van der Waals surface area contributed by atoms with Crippen molar-refractivity contribution in [3.8, 4) is 11.3 Å². The van der Waals surface area contributed by atoms with Crippen molar-refractivity contribution in [1.29, 1.82) is 0 Å². The van der Waals surface area contributed by atoms with Gasteiger partial charge in [0.15, 0.2) is 4.96 Å². The number of anilines is 1. The number of hydrogen-bond donors (Lipinski definition) is 2. The van der Waals surface area contributed by atoms with Gasteiger partial charge in [0.05, 0.1) is 17.3 Å². The lowest BCUT2D eigenvalue weighted by atomic mass is 10.0. The van der Waals surface area contributed by atoms with E-state index in [2.05, 4.69) is 20.6 Å². The summed E-state index contributed by atoms with van der Waals surface area (Å²) in [6.45, 7) is 1.96. The molecule has 1 unspecified atom stereocenters. The molecule has 3 heterocycles. The first-order valence-corrected chi connectivity index (χ1v) is 13.0. The molecule has 0 bridgehead atoms. The summed E-state index contributed by atoms with van der Waals surface area (Å²) < 4.78 is 1.94. The molecular formula is C30H23N5O2S. The van der Waals surface area contributed by atoms with E-state index < -0.39 is 0 Å². The first-order chi connectivity index (χ1) is 18.5. The molecule has 2 amide bonds. The molecule has 7 nitrogen and oxygen atoms in total. The first kappa shape index (κ1) is 23.6. The molecule has 6 rings (SSSR count). The largest absolute Gasteiger partial charge is 0.346 e. The number of aromatic nitrogens is 3. The SMILES string of the molecule is CC(NC(=O)c1ccc2nc(NC(=O)c3ccccc3-c3cn4ccsc4n3)ccc2c1)c1ccccc1. The minimum absolute atomic E-state index is 0.114. The molecule has 186 valence electrons. The summed E-state index contributed by atoms with van der Waals surface area (Å²) in [4.78, 5) is 36.2. The minimum atomic E-state index is -0.269. The van der Waals surface area contributed by atoms with Crippen LogP contribution in [0.4, 0.5) is 5.82 Å². The Bertz CT molecular complexity index is 1760. The van der Waals surface area contributed by atoms with E-state index in [-0.39, 0.29) is 17.9 Å². The summed E-state index contributed by atoms with van der Waals surface area (Å²) >= 11 is 1.54. The number of pyridine rings is 1. The predicted molar refractivity (Wildman–Crippen MR) is 151 cm³/mol. The third kappa shape index (κ3) is 4.65. The molecule has 0 aliphatic rings. The number of imidazole rings is 1. The second-order valence-electron chi connectivity index (χ2n) is 8.93. The molecule has 0 radical (unpaired) electrons. The van der Waals surface area contributed by atoms with Gasteiger partial charge >= 0.3 is 0 Å². The molecule has 3 aromatic carbocycles. The highest BCUT2D eigenvalue weighted by Crippen LogP contribution is 2.26. The molecule has 0 aliphatic heterocycles. The number of rotatable bonds is 6. The van der Waals surface area contributed by atoms with Crippen LogP contribution in [0.5, 0.6) is 0 Å². The van der Waals surface area contributed by atoms with Crippen molar-refractivity contribution in [1.82, 2.24) is 19.7 Å². The molecule has 6 aromatic rings. The van der Waals surface area contributed by atoms with Crippen molar-refractivity contribution in [2.45, 2.75) is 13.0 Å². The van der Waals surface area contributed by atoms with E-state index >= 15 is 0 Å². The van der Waals surface area contributed by atoms with E-state index in [1.165, 1.54) is 0 Å². The van der Waals surface area contributed by atoms with E-state index in [4.69, 9.17) is 0 Å². The van der Waals surface area contributed by atoms with E-state index in [1.807, 2.05) is 83.7 Å². The molecule has 8 heteroatoms. The summed E-state index contributed by atoms with van der Waals surface area (Å²) in [7, 11) is 0. The minimum Gasteiger partial charge on any atom is -0.346 e. The number of amides is 2. The van der Waals surface area contributed by atoms with Gasteiger partial charge in [-0.1, -0.05) is 48.5 Å². The van der Waals surface area contributed by atoms with Crippen LogP contribution >= 0.6 is 11.3 Å². The van der Waals surface area contributed by atoms with Gasteiger partial charge in [-0.15, -0.1) is 11.3 Å². The van der Waals surface area contributed by atoms with Crippen LogP contribution in [-0.2, 0) is 0 Å². The Balaban J connectivity index is 1.20. The Morgan fingerprint density at radius 2 is 1.71 bits per heavy atom. The zero-order valence-electron chi connectivity index (χ0n) is 20.5. The van der Waals surface area contributed by atoms with E-state index in [1.54, 1.807) is 41.7 Å². The van der Waals surface area contributed by atoms with E-state index in [0.29, 0.717) is 22.5 Å². The number of nitrogens with one attached hydrogen (secondary N) is 2. The van der Waals surface area contributed by atoms with Gasteiger partial charge in [-0.3, -0.25) is 14.0 Å². The number of nitrogens with zero attached hydrogens (tertiary/aromatic N) is 3. The van der Waals surface area contributed by atoms with Crippen LogP contribution in [0.3, 0.4) is 0 Å². The monoisotopic (exact) mass is 517 g/mol. The highest BCUT2D eigenvalue weighted by Gasteiger charge is 2.17. The van der Waals surface area contributed by atoms with Crippen molar-refractivity contribution in [3.63, 3.8) is 0 Å². The molecular weight excluding hydrogens is 494 g/mol. The summed E-state index contributed by atoms with van der Waals surface area (Å²) in [5, 5.41) is 8.72. The standard InChI is InChI=1S/C30H23N5O2S/c1-19(20-7-3-2-4-8-20)31-28(36)22-11-13-25-21(17-22)12-14-27(32-25)34-29(37)24-10-6-5-9-23(24)26-18-35-15-16-38-30(35)33-26/h2-19H,1H3,(H,31,36)(H,32,34,37). The van der Waals surface area contributed by atoms with Crippen molar-refractivity contribution < 1.29 is 9.59 Å². The predicted octanol–water partition coefficient (Wildman–Crippen LogP) is 6.35. The van der Waals surface area contributed by atoms with Gasteiger partial charge < -0.3 is 10.6 Å². The maximum absolute atomic E-state index is 13.2. The lowest BCUT2D eigenvalue weighted by molar-refractivity contribution is 0.0939. The molecule has 3 aromatic heterocycles. The summed E-state index contributed by atoms with van der Waals surface area (Å²) in [5.74, 6) is 0.00382. The topological polar surface area (TPSA) is 88.4 Å². The summed E-state index contributed by atoms with van der Waals surface area (Å²) in [5.41, 5.74) is 4.27. The van der Waals surface area contributed by atoms with Crippen LogP contribution in [0.2, 0.25) is 0 Å². The van der Waals surface area contributed by atoms with Gasteiger partial charge in [0.1, 0.15) is 5.82 Å². The average Bonchev–Trinajstić information content (AvgIpc) is 3.56. The van der Waals surface area contributed by atoms with Crippen molar-refractivity contribution in [3.05, 3.63) is 119 Å². The maximum Gasteiger partial charge on any atom is 0.257 e. The van der Waals surface area contributed by atoms with Crippen LogP contribution in [0, 0.1) is 0 Å². The van der Waals surface area contributed by atoms with Gasteiger partial charge in [-0.25, -0.2) is 9.97 Å². The van der Waals surface area contributed by atoms with Gasteiger partial charge in [0.25, 0.3) is 11.8 Å². The zero-order chi connectivity index (χ0) is 26.1. The van der Waals surface area contributed by atoms with E-state index in [9.17, 15) is 9.59 Å². The summed E-state index contributed by atoms with van der Waals surface area (Å²) in [6.07, 6.45) is 3.86. The van der Waals surface area contributed by atoms with Crippen LogP contribution in [0.15, 0.2) is 103 Å². The fraction of sp³-hybridized carbons (Fsp3) is 0.0667.